The average Bonchev–Trinajstić information content (AvgIpc) is 3.09. The molecule has 4 rings (SSSR count). The Morgan fingerprint density at radius 2 is 1.65 bits per heavy atom. The lowest BCUT2D eigenvalue weighted by Gasteiger charge is -2.10. The maximum atomic E-state index is 12.3. The summed E-state index contributed by atoms with van der Waals surface area (Å²) < 4.78 is 42.3. The van der Waals surface area contributed by atoms with E-state index in [4.69, 9.17) is 0 Å². The summed E-state index contributed by atoms with van der Waals surface area (Å²) in [6.45, 7) is 0. The molecule has 0 spiro atoms. The van der Waals surface area contributed by atoms with Crippen LogP contribution < -0.4 is 4.74 Å². The number of fused-ring (bicyclic) bond motifs is 1. The Labute approximate surface area is 144 Å². The molecule has 130 valence electrons. The fourth-order valence-corrected chi connectivity index (χ4v) is 2.52. The van der Waals surface area contributed by atoms with E-state index in [1.807, 2.05) is 12.1 Å². The lowest BCUT2D eigenvalue weighted by molar-refractivity contribution is -0.274. The first-order valence-electron chi connectivity index (χ1n) is 7.47. The number of benzene rings is 1. The molecule has 0 fully saturated rings. The van der Waals surface area contributed by atoms with Crippen molar-refractivity contribution >= 4 is 5.78 Å². The van der Waals surface area contributed by atoms with Crippen molar-refractivity contribution in [1.29, 1.82) is 0 Å². The third-order valence-corrected chi connectivity index (χ3v) is 3.61. The van der Waals surface area contributed by atoms with Gasteiger partial charge in [0.05, 0.1) is 11.4 Å². The van der Waals surface area contributed by atoms with E-state index in [1.54, 1.807) is 23.0 Å². The van der Waals surface area contributed by atoms with Crippen LogP contribution in [0.1, 0.15) is 0 Å². The molecule has 3 aromatic heterocycles. The summed E-state index contributed by atoms with van der Waals surface area (Å²) in [5.41, 5.74) is 2.77. The molecule has 0 atom stereocenters. The zero-order valence-electron chi connectivity index (χ0n) is 13.1. The van der Waals surface area contributed by atoms with Crippen molar-refractivity contribution in [1.82, 2.24) is 24.6 Å². The van der Waals surface area contributed by atoms with Crippen molar-refractivity contribution in [3.8, 4) is 28.3 Å². The number of alkyl halides is 3. The molecule has 0 aliphatic heterocycles. The summed E-state index contributed by atoms with van der Waals surface area (Å²) in [6, 6.07) is 10.9. The van der Waals surface area contributed by atoms with Crippen LogP contribution in [0.5, 0.6) is 5.75 Å². The molecule has 6 nitrogen and oxygen atoms in total. The Bertz CT molecular complexity index is 1050. The first-order valence-corrected chi connectivity index (χ1v) is 7.47. The van der Waals surface area contributed by atoms with Gasteiger partial charge >= 0.3 is 6.36 Å². The van der Waals surface area contributed by atoms with Crippen molar-refractivity contribution in [2.75, 3.05) is 0 Å². The summed E-state index contributed by atoms with van der Waals surface area (Å²) in [5, 5.41) is 4.16. The number of aromatic nitrogens is 5. The maximum Gasteiger partial charge on any atom is 0.573 e. The van der Waals surface area contributed by atoms with E-state index in [0.29, 0.717) is 17.0 Å². The van der Waals surface area contributed by atoms with Gasteiger partial charge in [0.25, 0.3) is 5.78 Å². The second-order valence-electron chi connectivity index (χ2n) is 5.31. The standard InChI is InChI=1S/C17H10F3N5O/c18-17(19,20)26-13-3-1-11(2-4-13)14-9-15(12-5-7-21-8-6-12)25-16(24-14)22-10-23-25/h1-10H. The predicted molar refractivity (Wildman–Crippen MR) is 86.1 cm³/mol. The molecular formula is C17H10F3N5O. The van der Waals surface area contributed by atoms with Crippen LogP contribution in [-0.4, -0.2) is 30.9 Å². The highest BCUT2D eigenvalue weighted by atomic mass is 19.4. The second kappa shape index (κ2) is 6.10. The SMILES string of the molecule is FC(F)(F)Oc1ccc(-c2cc(-c3ccncc3)n3ncnc3n2)cc1. The Kier molecular flexibility index (Phi) is 3.76. The largest absolute Gasteiger partial charge is 0.573 e. The summed E-state index contributed by atoms with van der Waals surface area (Å²) in [4.78, 5) is 12.5. The molecule has 0 saturated heterocycles. The van der Waals surface area contributed by atoms with Gasteiger partial charge in [-0.3, -0.25) is 4.98 Å². The minimum atomic E-state index is -4.73. The Hall–Kier alpha value is -3.49. The monoisotopic (exact) mass is 357 g/mol. The molecule has 0 aliphatic carbocycles. The molecule has 0 bridgehead atoms. The molecule has 9 heteroatoms. The number of hydrogen-bond donors (Lipinski definition) is 0. The summed E-state index contributed by atoms with van der Waals surface area (Å²) in [7, 11) is 0. The molecule has 0 aliphatic rings. The first kappa shape index (κ1) is 16.0. The number of hydrogen-bond acceptors (Lipinski definition) is 5. The number of pyridine rings is 1. The van der Waals surface area contributed by atoms with Gasteiger partial charge in [0, 0.05) is 23.5 Å². The highest BCUT2D eigenvalue weighted by Crippen LogP contribution is 2.28. The van der Waals surface area contributed by atoms with Crippen LogP contribution in [0.2, 0.25) is 0 Å². The maximum absolute atomic E-state index is 12.3. The van der Waals surface area contributed by atoms with Crippen molar-refractivity contribution < 1.29 is 17.9 Å². The Balaban J connectivity index is 1.78. The van der Waals surface area contributed by atoms with Gasteiger partial charge in [0.2, 0.25) is 0 Å². The van der Waals surface area contributed by atoms with E-state index in [0.717, 1.165) is 11.3 Å². The van der Waals surface area contributed by atoms with E-state index >= 15 is 0 Å². The second-order valence-corrected chi connectivity index (χ2v) is 5.31. The van der Waals surface area contributed by atoms with E-state index < -0.39 is 6.36 Å². The van der Waals surface area contributed by atoms with Gasteiger partial charge in [0.1, 0.15) is 12.1 Å². The van der Waals surface area contributed by atoms with E-state index in [9.17, 15) is 13.2 Å². The molecule has 1 aromatic carbocycles. The van der Waals surface area contributed by atoms with Crippen molar-refractivity contribution in [3.63, 3.8) is 0 Å². The fraction of sp³-hybridized carbons (Fsp3) is 0.0588. The van der Waals surface area contributed by atoms with Crippen LogP contribution in [0.4, 0.5) is 13.2 Å². The number of nitrogens with zero attached hydrogens (tertiary/aromatic N) is 5. The van der Waals surface area contributed by atoms with Crippen LogP contribution in [0.15, 0.2) is 61.2 Å². The van der Waals surface area contributed by atoms with Crippen molar-refractivity contribution in [3.05, 3.63) is 61.2 Å². The third-order valence-electron chi connectivity index (χ3n) is 3.61. The predicted octanol–water partition coefficient (Wildman–Crippen LogP) is 3.75. The molecule has 0 radical (unpaired) electrons. The normalized spacial score (nSPS) is 11.7. The summed E-state index contributed by atoms with van der Waals surface area (Å²) in [6.07, 6.45) is -0.0330. The fourth-order valence-electron chi connectivity index (χ4n) is 2.52. The van der Waals surface area contributed by atoms with E-state index in [-0.39, 0.29) is 5.75 Å². The zero-order valence-corrected chi connectivity index (χ0v) is 13.1. The topological polar surface area (TPSA) is 65.2 Å². The quantitative estimate of drug-likeness (QED) is 0.559. The van der Waals surface area contributed by atoms with Gasteiger partial charge in [-0.2, -0.15) is 14.6 Å². The van der Waals surface area contributed by atoms with Gasteiger partial charge in [-0.05, 0) is 42.5 Å². The van der Waals surface area contributed by atoms with E-state index in [1.165, 1.54) is 30.6 Å². The lowest BCUT2D eigenvalue weighted by Crippen LogP contribution is -2.16. The number of halogens is 3. The number of ether oxygens (including phenoxy) is 1. The average molecular weight is 357 g/mol. The van der Waals surface area contributed by atoms with Gasteiger partial charge in [-0.1, -0.05) is 0 Å². The van der Waals surface area contributed by atoms with Crippen LogP contribution in [0, 0.1) is 0 Å². The van der Waals surface area contributed by atoms with Crippen molar-refractivity contribution in [2.45, 2.75) is 6.36 Å². The molecule has 26 heavy (non-hydrogen) atoms. The van der Waals surface area contributed by atoms with Gasteiger partial charge < -0.3 is 4.74 Å². The molecule has 4 aromatic rings. The highest BCUT2D eigenvalue weighted by molar-refractivity contribution is 5.70. The van der Waals surface area contributed by atoms with Gasteiger partial charge in [-0.15, -0.1) is 13.2 Å². The summed E-state index contributed by atoms with van der Waals surface area (Å²) in [5.74, 6) is 0.0871. The van der Waals surface area contributed by atoms with Crippen LogP contribution in [0.3, 0.4) is 0 Å². The molecule has 0 N–H and O–H groups in total. The summed E-state index contributed by atoms with van der Waals surface area (Å²) >= 11 is 0. The van der Waals surface area contributed by atoms with E-state index in [2.05, 4.69) is 24.8 Å². The number of rotatable bonds is 3. The van der Waals surface area contributed by atoms with Crippen molar-refractivity contribution in [2.24, 2.45) is 0 Å². The highest BCUT2D eigenvalue weighted by Gasteiger charge is 2.31. The molecule has 0 saturated carbocycles. The molecule has 0 unspecified atom stereocenters. The van der Waals surface area contributed by atoms with Crippen LogP contribution in [0.25, 0.3) is 28.3 Å². The lowest BCUT2D eigenvalue weighted by atomic mass is 10.1. The van der Waals surface area contributed by atoms with Crippen LogP contribution >= 0.6 is 0 Å². The Morgan fingerprint density at radius 3 is 2.35 bits per heavy atom. The molecule has 3 heterocycles. The zero-order chi connectivity index (χ0) is 18.1. The minimum absolute atomic E-state index is 0.292. The first-order chi connectivity index (χ1) is 12.5. The minimum Gasteiger partial charge on any atom is -0.406 e. The Morgan fingerprint density at radius 1 is 0.923 bits per heavy atom. The van der Waals surface area contributed by atoms with Crippen LogP contribution in [-0.2, 0) is 0 Å². The third kappa shape index (κ3) is 3.18. The van der Waals surface area contributed by atoms with Gasteiger partial charge in [0.15, 0.2) is 0 Å². The molecule has 0 amide bonds. The van der Waals surface area contributed by atoms with Gasteiger partial charge in [-0.25, -0.2) is 4.98 Å². The molecular weight excluding hydrogens is 347 g/mol. The smallest absolute Gasteiger partial charge is 0.406 e.